The van der Waals surface area contributed by atoms with Gasteiger partial charge in [0.15, 0.2) is 0 Å². The highest BCUT2D eigenvalue weighted by Crippen LogP contribution is 2.08. The fraction of sp³-hybridized carbons (Fsp3) is 0.133. The van der Waals surface area contributed by atoms with E-state index in [-0.39, 0.29) is 12.3 Å². The summed E-state index contributed by atoms with van der Waals surface area (Å²) in [4.78, 5) is 19.6. The topological polar surface area (TPSA) is 75.1 Å². The lowest BCUT2D eigenvalue weighted by molar-refractivity contribution is 0.102. The third kappa shape index (κ3) is 4.37. The van der Waals surface area contributed by atoms with Crippen LogP contribution in [0.5, 0.6) is 0 Å². The van der Waals surface area contributed by atoms with E-state index in [4.69, 9.17) is 5.11 Å². The minimum Gasteiger partial charge on any atom is -0.395 e. The van der Waals surface area contributed by atoms with Crippen molar-refractivity contribution in [1.82, 2.24) is 9.97 Å². The molecule has 0 aromatic carbocycles. The Kier molecular flexibility index (Phi) is 4.96. The van der Waals surface area contributed by atoms with Crippen molar-refractivity contribution < 1.29 is 14.3 Å². The zero-order valence-corrected chi connectivity index (χ0v) is 11.0. The average Bonchev–Trinajstić information content (AvgIpc) is 2.48. The van der Waals surface area contributed by atoms with Crippen molar-refractivity contribution in [3.63, 3.8) is 0 Å². The van der Waals surface area contributed by atoms with Gasteiger partial charge in [-0.05, 0) is 24.3 Å². The summed E-state index contributed by atoms with van der Waals surface area (Å²) in [6.45, 7) is -0.00207. The quantitative estimate of drug-likeness (QED) is 0.840. The normalized spacial score (nSPS) is 9.62. The molecule has 2 aromatic rings. The summed E-state index contributed by atoms with van der Waals surface area (Å²) in [7, 11) is 0. The van der Waals surface area contributed by atoms with Crippen molar-refractivity contribution in [3.05, 3.63) is 53.7 Å². The van der Waals surface area contributed by atoms with Crippen LogP contribution in [0, 0.1) is 17.7 Å². The fourth-order valence-electron chi connectivity index (χ4n) is 1.49. The van der Waals surface area contributed by atoms with Crippen LogP contribution in [-0.2, 0) is 0 Å². The van der Waals surface area contributed by atoms with E-state index in [1.807, 2.05) is 0 Å². The molecular weight excluding hydrogens is 273 g/mol. The van der Waals surface area contributed by atoms with Gasteiger partial charge in [-0.15, -0.1) is 0 Å². The van der Waals surface area contributed by atoms with Gasteiger partial charge in [0, 0.05) is 18.2 Å². The maximum Gasteiger partial charge on any atom is 0.275 e. The number of amides is 1. The monoisotopic (exact) mass is 285 g/mol. The molecule has 0 fully saturated rings. The highest BCUT2D eigenvalue weighted by Gasteiger charge is 2.08. The van der Waals surface area contributed by atoms with E-state index in [1.165, 1.54) is 12.3 Å². The van der Waals surface area contributed by atoms with Gasteiger partial charge in [-0.1, -0.05) is 11.8 Å². The van der Waals surface area contributed by atoms with Crippen molar-refractivity contribution in [3.8, 4) is 11.8 Å². The first kappa shape index (κ1) is 14.6. The molecular formula is C15H12FN3O2. The Balaban J connectivity index is 2.09. The van der Waals surface area contributed by atoms with Crippen molar-refractivity contribution in [2.45, 2.75) is 6.42 Å². The average molecular weight is 285 g/mol. The zero-order valence-electron chi connectivity index (χ0n) is 11.0. The number of hydrogen-bond acceptors (Lipinski definition) is 4. The standard InChI is InChI=1S/C15H12FN3O2/c16-12-4-5-13(18-10-12)15(21)19-14-9-11(6-7-17-14)3-1-2-8-20/h4-7,9-10,20H,2,8H2,(H,17,19,21). The molecule has 0 aliphatic rings. The minimum atomic E-state index is -0.508. The van der Waals surface area contributed by atoms with Crippen LogP contribution >= 0.6 is 0 Å². The van der Waals surface area contributed by atoms with Gasteiger partial charge < -0.3 is 10.4 Å². The Labute approximate surface area is 120 Å². The Hall–Kier alpha value is -2.78. The van der Waals surface area contributed by atoms with Gasteiger partial charge in [0.2, 0.25) is 0 Å². The second-order valence-corrected chi connectivity index (χ2v) is 4.02. The van der Waals surface area contributed by atoms with E-state index in [1.54, 1.807) is 12.1 Å². The van der Waals surface area contributed by atoms with Crippen LogP contribution in [0.1, 0.15) is 22.5 Å². The van der Waals surface area contributed by atoms with Gasteiger partial charge in [0.1, 0.15) is 17.3 Å². The zero-order chi connectivity index (χ0) is 15.1. The number of carbonyl (C=O) groups excluding carboxylic acids is 1. The summed E-state index contributed by atoms with van der Waals surface area (Å²) >= 11 is 0. The SMILES string of the molecule is O=C(Nc1cc(C#CCCO)ccn1)c1ccc(F)cn1. The minimum absolute atomic E-state index is 0.00207. The summed E-state index contributed by atoms with van der Waals surface area (Å²) in [6, 6.07) is 5.74. The molecule has 1 amide bonds. The first-order valence-electron chi connectivity index (χ1n) is 6.18. The second kappa shape index (κ2) is 7.12. The molecule has 6 heteroatoms. The Morgan fingerprint density at radius 1 is 1.33 bits per heavy atom. The van der Waals surface area contributed by atoms with Gasteiger partial charge >= 0.3 is 0 Å². The highest BCUT2D eigenvalue weighted by molar-refractivity contribution is 6.02. The molecule has 0 atom stereocenters. The fourth-order valence-corrected chi connectivity index (χ4v) is 1.49. The molecule has 2 heterocycles. The lowest BCUT2D eigenvalue weighted by atomic mass is 10.2. The number of anilines is 1. The van der Waals surface area contributed by atoms with Crippen LogP contribution in [-0.4, -0.2) is 27.6 Å². The number of rotatable bonds is 3. The van der Waals surface area contributed by atoms with Crippen molar-refractivity contribution in [2.24, 2.45) is 0 Å². The number of nitrogens with zero attached hydrogens (tertiary/aromatic N) is 2. The number of aliphatic hydroxyl groups excluding tert-OH is 1. The molecule has 5 nitrogen and oxygen atoms in total. The molecule has 2 rings (SSSR count). The largest absolute Gasteiger partial charge is 0.395 e. The molecule has 0 saturated heterocycles. The molecule has 0 bridgehead atoms. The van der Waals surface area contributed by atoms with Gasteiger partial charge in [-0.3, -0.25) is 4.79 Å². The summed E-state index contributed by atoms with van der Waals surface area (Å²) in [5, 5.41) is 11.2. The van der Waals surface area contributed by atoms with Crippen molar-refractivity contribution in [2.75, 3.05) is 11.9 Å². The molecule has 0 saturated carbocycles. The molecule has 0 unspecified atom stereocenters. The van der Waals surface area contributed by atoms with E-state index in [0.29, 0.717) is 17.8 Å². The second-order valence-electron chi connectivity index (χ2n) is 4.02. The molecule has 106 valence electrons. The van der Waals surface area contributed by atoms with E-state index >= 15 is 0 Å². The van der Waals surface area contributed by atoms with Crippen LogP contribution in [0.25, 0.3) is 0 Å². The predicted octanol–water partition coefficient (Wildman–Crippen LogP) is 1.60. The Bertz CT molecular complexity index is 690. The maximum atomic E-state index is 12.7. The first-order chi connectivity index (χ1) is 10.2. The molecule has 0 aliphatic carbocycles. The number of halogens is 1. The molecule has 2 aromatic heterocycles. The molecule has 0 spiro atoms. The van der Waals surface area contributed by atoms with Crippen LogP contribution < -0.4 is 5.32 Å². The van der Waals surface area contributed by atoms with Crippen molar-refractivity contribution in [1.29, 1.82) is 0 Å². The number of nitrogens with one attached hydrogen (secondary N) is 1. The first-order valence-corrected chi connectivity index (χ1v) is 6.18. The summed E-state index contributed by atoms with van der Waals surface area (Å²) in [5.74, 6) is 4.94. The van der Waals surface area contributed by atoms with E-state index in [0.717, 1.165) is 12.3 Å². The van der Waals surface area contributed by atoms with Gasteiger partial charge in [0.05, 0.1) is 12.8 Å². The number of aliphatic hydroxyl groups is 1. The van der Waals surface area contributed by atoms with E-state index < -0.39 is 11.7 Å². The van der Waals surface area contributed by atoms with Gasteiger partial charge in [0.25, 0.3) is 5.91 Å². The Morgan fingerprint density at radius 2 is 2.19 bits per heavy atom. The Morgan fingerprint density at radius 3 is 2.90 bits per heavy atom. The van der Waals surface area contributed by atoms with Gasteiger partial charge in [-0.2, -0.15) is 0 Å². The summed E-state index contributed by atoms with van der Waals surface area (Å²) in [5.41, 5.74) is 0.760. The summed E-state index contributed by atoms with van der Waals surface area (Å²) < 4.78 is 12.7. The third-order valence-corrected chi connectivity index (χ3v) is 2.43. The van der Waals surface area contributed by atoms with Crippen LogP contribution in [0.15, 0.2) is 36.7 Å². The van der Waals surface area contributed by atoms with E-state index in [9.17, 15) is 9.18 Å². The maximum absolute atomic E-state index is 12.7. The molecule has 0 aliphatic heterocycles. The smallest absolute Gasteiger partial charge is 0.275 e. The number of pyridine rings is 2. The molecule has 21 heavy (non-hydrogen) atoms. The van der Waals surface area contributed by atoms with Gasteiger partial charge in [-0.25, -0.2) is 14.4 Å². The molecule has 2 N–H and O–H groups in total. The van der Waals surface area contributed by atoms with Crippen LogP contribution in [0.4, 0.5) is 10.2 Å². The number of aromatic nitrogens is 2. The van der Waals surface area contributed by atoms with Crippen LogP contribution in [0.3, 0.4) is 0 Å². The lowest BCUT2D eigenvalue weighted by Crippen LogP contribution is -2.14. The number of carbonyl (C=O) groups is 1. The van der Waals surface area contributed by atoms with Crippen LogP contribution in [0.2, 0.25) is 0 Å². The third-order valence-electron chi connectivity index (χ3n) is 2.43. The molecule has 0 radical (unpaired) electrons. The number of hydrogen-bond donors (Lipinski definition) is 2. The van der Waals surface area contributed by atoms with Crippen molar-refractivity contribution >= 4 is 11.7 Å². The van der Waals surface area contributed by atoms with E-state index in [2.05, 4.69) is 27.1 Å². The lowest BCUT2D eigenvalue weighted by Gasteiger charge is -2.03. The predicted molar refractivity (Wildman–Crippen MR) is 75.0 cm³/mol. The highest BCUT2D eigenvalue weighted by atomic mass is 19.1. The summed E-state index contributed by atoms with van der Waals surface area (Å²) in [6.07, 6.45) is 2.86.